The molecule has 29 heavy (non-hydrogen) atoms. The Kier molecular flexibility index (Phi) is 4.62. The fourth-order valence-corrected chi connectivity index (χ4v) is 3.36. The molecule has 0 saturated heterocycles. The van der Waals surface area contributed by atoms with Crippen molar-refractivity contribution in [1.82, 2.24) is 0 Å². The molecule has 4 rings (SSSR count). The molecule has 2 heterocycles. The smallest absolute Gasteiger partial charge is 0.268 e. The maximum Gasteiger partial charge on any atom is 0.268 e. The van der Waals surface area contributed by atoms with Crippen LogP contribution in [0.15, 0.2) is 42.5 Å². The van der Waals surface area contributed by atoms with Gasteiger partial charge in [0, 0.05) is 5.69 Å². The van der Waals surface area contributed by atoms with Crippen molar-refractivity contribution in [3.63, 3.8) is 0 Å². The predicted octanol–water partition coefficient (Wildman–Crippen LogP) is 2.55. The summed E-state index contributed by atoms with van der Waals surface area (Å²) < 4.78 is 11.1. The van der Waals surface area contributed by atoms with Crippen molar-refractivity contribution in [2.24, 2.45) is 0 Å². The van der Waals surface area contributed by atoms with Crippen molar-refractivity contribution < 1.29 is 23.9 Å². The van der Waals surface area contributed by atoms with Crippen LogP contribution in [-0.2, 0) is 14.4 Å². The molecule has 0 fully saturated rings. The average molecular weight is 395 g/mol. The summed E-state index contributed by atoms with van der Waals surface area (Å²) in [4.78, 5) is 38.9. The molecule has 2 N–H and O–H groups in total. The van der Waals surface area contributed by atoms with Crippen molar-refractivity contribution in [2.45, 2.75) is 39.0 Å². The molecule has 2 aliphatic heterocycles. The summed E-state index contributed by atoms with van der Waals surface area (Å²) in [6.07, 6.45) is -1.25. The molecule has 3 atom stereocenters. The minimum absolute atomic E-state index is 0.251. The quantitative estimate of drug-likeness (QED) is 0.833. The molecular formula is C21H21N3O5. The summed E-state index contributed by atoms with van der Waals surface area (Å²) in [5.41, 5.74) is 1.53. The lowest BCUT2D eigenvalue weighted by molar-refractivity contribution is -0.128. The van der Waals surface area contributed by atoms with Gasteiger partial charge in [-0.05, 0) is 51.1 Å². The minimum Gasteiger partial charge on any atom is -0.479 e. The average Bonchev–Trinajstić information content (AvgIpc) is 2.69. The maximum atomic E-state index is 12.9. The summed E-state index contributed by atoms with van der Waals surface area (Å²) >= 11 is 0. The first-order chi connectivity index (χ1) is 13.8. The van der Waals surface area contributed by atoms with Crippen molar-refractivity contribution >= 4 is 34.8 Å². The second kappa shape index (κ2) is 7.12. The van der Waals surface area contributed by atoms with Gasteiger partial charge in [0.15, 0.2) is 12.2 Å². The normalized spacial score (nSPS) is 21.1. The molecule has 2 aromatic carbocycles. The summed E-state index contributed by atoms with van der Waals surface area (Å²) in [5, 5.41) is 5.55. The third-order valence-electron chi connectivity index (χ3n) is 4.96. The lowest BCUT2D eigenvalue weighted by atomic mass is 10.1. The third-order valence-corrected chi connectivity index (χ3v) is 4.96. The van der Waals surface area contributed by atoms with Crippen LogP contribution in [0.4, 0.5) is 17.1 Å². The van der Waals surface area contributed by atoms with E-state index in [1.807, 2.05) is 6.07 Å². The zero-order valence-electron chi connectivity index (χ0n) is 16.3. The highest BCUT2D eigenvalue weighted by atomic mass is 16.5. The molecule has 2 aromatic rings. The minimum atomic E-state index is -0.767. The van der Waals surface area contributed by atoms with Gasteiger partial charge in [0.1, 0.15) is 17.5 Å². The highest BCUT2D eigenvalue weighted by molar-refractivity contribution is 6.08. The number of ether oxygens (including phenoxy) is 2. The summed E-state index contributed by atoms with van der Waals surface area (Å²) in [7, 11) is 0. The number of anilines is 3. The Labute approximate surface area is 167 Å². The van der Waals surface area contributed by atoms with Crippen LogP contribution in [-0.4, -0.2) is 36.0 Å². The van der Waals surface area contributed by atoms with Gasteiger partial charge >= 0.3 is 0 Å². The number of para-hydroxylation sites is 2. The van der Waals surface area contributed by atoms with Gasteiger partial charge in [-0.3, -0.25) is 19.3 Å². The molecule has 150 valence electrons. The van der Waals surface area contributed by atoms with E-state index in [4.69, 9.17) is 9.47 Å². The van der Waals surface area contributed by atoms with Crippen LogP contribution in [0.5, 0.6) is 11.5 Å². The van der Waals surface area contributed by atoms with Crippen LogP contribution in [0.1, 0.15) is 20.8 Å². The van der Waals surface area contributed by atoms with E-state index >= 15 is 0 Å². The second-order valence-electron chi connectivity index (χ2n) is 7.06. The number of hydrogen-bond donors (Lipinski definition) is 2. The number of carbonyl (C=O) groups excluding carboxylic acids is 3. The molecule has 0 bridgehead atoms. The van der Waals surface area contributed by atoms with Gasteiger partial charge in [-0.15, -0.1) is 0 Å². The van der Waals surface area contributed by atoms with Gasteiger partial charge in [-0.1, -0.05) is 12.1 Å². The Bertz CT molecular complexity index is 1010. The van der Waals surface area contributed by atoms with Gasteiger partial charge in [0.25, 0.3) is 11.8 Å². The molecule has 0 aliphatic carbocycles. The largest absolute Gasteiger partial charge is 0.479 e. The molecule has 3 amide bonds. The molecule has 0 aromatic heterocycles. The van der Waals surface area contributed by atoms with Crippen molar-refractivity contribution in [3.05, 3.63) is 42.5 Å². The van der Waals surface area contributed by atoms with E-state index in [9.17, 15) is 14.4 Å². The molecule has 2 aliphatic rings. The van der Waals surface area contributed by atoms with E-state index < -0.39 is 18.2 Å². The lowest BCUT2D eigenvalue weighted by Gasteiger charge is -2.36. The fraction of sp³-hybridized carbons (Fsp3) is 0.286. The Balaban J connectivity index is 1.56. The highest BCUT2D eigenvalue weighted by Gasteiger charge is 2.37. The van der Waals surface area contributed by atoms with Crippen LogP contribution in [0.25, 0.3) is 0 Å². The molecule has 0 unspecified atom stereocenters. The molecular weight excluding hydrogens is 374 g/mol. The monoisotopic (exact) mass is 395 g/mol. The van der Waals surface area contributed by atoms with Gasteiger partial charge in [0.2, 0.25) is 5.91 Å². The summed E-state index contributed by atoms with van der Waals surface area (Å²) in [6, 6.07) is 11.3. The number of hydrogen-bond acceptors (Lipinski definition) is 5. The van der Waals surface area contributed by atoms with Crippen LogP contribution in [0.3, 0.4) is 0 Å². The molecule has 8 heteroatoms. The van der Waals surface area contributed by atoms with E-state index in [0.717, 1.165) is 0 Å². The lowest BCUT2D eigenvalue weighted by Crippen LogP contribution is -2.52. The van der Waals surface area contributed by atoms with E-state index in [-0.39, 0.29) is 17.7 Å². The Morgan fingerprint density at radius 3 is 2.59 bits per heavy atom. The zero-order chi connectivity index (χ0) is 20.7. The van der Waals surface area contributed by atoms with Crippen LogP contribution >= 0.6 is 0 Å². The highest BCUT2D eigenvalue weighted by Crippen LogP contribution is 2.36. The first-order valence-corrected chi connectivity index (χ1v) is 9.36. The number of nitrogens with one attached hydrogen (secondary N) is 2. The van der Waals surface area contributed by atoms with E-state index in [2.05, 4.69) is 10.6 Å². The third kappa shape index (κ3) is 3.37. The van der Waals surface area contributed by atoms with Crippen LogP contribution in [0.2, 0.25) is 0 Å². The summed E-state index contributed by atoms with van der Waals surface area (Å²) in [6.45, 7) is 4.98. The standard InChI is InChI=1S/C21H21N3O5/c1-11(24-16-6-4-5-7-18(16)29-13(3)21(24)27)19(25)22-14-8-9-17-15(10-14)23-20(26)12(2)28-17/h4-13H,1-3H3,(H,22,25)(H,23,26)/t11-,12+,13-/m1/s1. The van der Waals surface area contributed by atoms with Crippen LogP contribution < -0.4 is 25.0 Å². The topological polar surface area (TPSA) is 97.0 Å². The van der Waals surface area contributed by atoms with Crippen molar-refractivity contribution in [1.29, 1.82) is 0 Å². The van der Waals surface area contributed by atoms with E-state index in [0.29, 0.717) is 28.6 Å². The number of carbonyl (C=O) groups is 3. The van der Waals surface area contributed by atoms with E-state index in [1.54, 1.807) is 57.2 Å². The van der Waals surface area contributed by atoms with Crippen LogP contribution in [0, 0.1) is 0 Å². The number of benzene rings is 2. The first-order valence-electron chi connectivity index (χ1n) is 9.36. The second-order valence-corrected chi connectivity index (χ2v) is 7.06. The molecule has 8 nitrogen and oxygen atoms in total. The summed E-state index contributed by atoms with van der Waals surface area (Å²) in [5.74, 6) is 0.195. The maximum absolute atomic E-state index is 12.9. The van der Waals surface area contributed by atoms with Gasteiger partial charge in [0.05, 0.1) is 11.4 Å². The Morgan fingerprint density at radius 2 is 1.79 bits per heavy atom. The van der Waals surface area contributed by atoms with Gasteiger partial charge in [-0.2, -0.15) is 0 Å². The molecule has 0 radical (unpaired) electrons. The SMILES string of the molecule is C[C@@H]1Oc2ccc(NC(=O)[C@@H](C)N3C(=O)[C@@H](C)Oc4ccccc43)cc2NC1=O. The zero-order valence-corrected chi connectivity index (χ0v) is 16.3. The van der Waals surface area contributed by atoms with E-state index in [1.165, 1.54) is 4.90 Å². The Morgan fingerprint density at radius 1 is 1.07 bits per heavy atom. The molecule has 0 spiro atoms. The van der Waals surface area contributed by atoms with Gasteiger partial charge < -0.3 is 20.1 Å². The Hall–Kier alpha value is -3.55. The number of amides is 3. The van der Waals surface area contributed by atoms with Crippen molar-refractivity contribution in [2.75, 3.05) is 15.5 Å². The number of nitrogens with zero attached hydrogens (tertiary/aromatic N) is 1. The fourth-order valence-electron chi connectivity index (χ4n) is 3.36. The first kappa shape index (κ1) is 18.8. The van der Waals surface area contributed by atoms with Gasteiger partial charge in [-0.25, -0.2) is 0 Å². The number of rotatable bonds is 3. The number of fused-ring (bicyclic) bond motifs is 2. The molecule has 0 saturated carbocycles. The predicted molar refractivity (Wildman–Crippen MR) is 107 cm³/mol. The van der Waals surface area contributed by atoms with Crippen molar-refractivity contribution in [3.8, 4) is 11.5 Å².